The van der Waals surface area contributed by atoms with Gasteiger partial charge in [-0.3, -0.25) is 0 Å². The molecule has 0 amide bonds. The monoisotopic (exact) mass is 739 g/mol. The second-order valence-corrected chi connectivity index (χ2v) is 14.9. The molecule has 2 heteroatoms. The number of hydrogen-bond donors (Lipinski definition) is 0. The maximum absolute atomic E-state index is 6.82. The molecule has 0 atom stereocenters. The largest absolute Gasteiger partial charge is 0.455 e. The van der Waals surface area contributed by atoms with Crippen molar-refractivity contribution in [3.05, 3.63) is 224 Å². The molecule has 0 bridgehead atoms. The van der Waals surface area contributed by atoms with Crippen LogP contribution in [0.4, 0.5) is 17.1 Å². The average Bonchev–Trinajstić information content (AvgIpc) is 3.69. The number of fused-ring (bicyclic) bond motifs is 6. The lowest BCUT2D eigenvalue weighted by molar-refractivity contribution is 0.673. The standard InChI is InChI=1S/C56H37NO/c1-3-13-38(14-4-1)41-25-27-42(28-26-41)43-31-33-47(34-32-43)57(48-20-11-19-45(36-48)39-15-5-2-6-16-39)53-37-52-55-49(46-30-29-40-17-7-8-18-44(40)35-46)23-12-24-54(55)58-56(52)51-22-10-9-21-50(51)53/h1-37H. The Morgan fingerprint density at radius 2 is 0.862 bits per heavy atom. The van der Waals surface area contributed by atoms with Gasteiger partial charge in [-0.25, -0.2) is 0 Å². The topological polar surface area (TPSA) is 16.4 Å². The molecule has 272 valence electrons. The second kappa shape index (κ2) is 14.1. The fourth-order valence-electron chi connectivity index (χ4n) is 8.58. The van der Waals surface area contributed by atoms with Crippen LogP contribution in [0.15, 0.2) is 229 Å². The molecule has 0 spiro atoms. The van der Waals surface area contributed by atoms with Crippen LogP contribution in [-0.2, 0) is 0 Å². The molecule has 11 rings (SSSR count). The highest BCUT2D eigenvalue weighted by Gasteiger charge is 2.22. The van der Waals surface area contributed by atoms with Gasteiger partial charge in [-0.05, 0) is 97.7 Å². The van der Waals surface area contributed by atoms with Crippen LogP contribution in [0, 0.1) is 0 Å². The molecular formula is C56H37NO. The molecule has 1 heterocycles. The fraction of sp³-hybridized carbons (Fsp3) is 0. The lowest BCUT2D eigenvalue weighted by Crippen LogP contribution is -2.10. The highest BCUT2D eigenvalue weighted by atomic mass is 16.3. The van der Waals surface area contributed by atoms with Crippen molar-refractivity contribution in [3.63, 3.8) is 0 Å². The number of hydrogen-bond acceptors (Lipinski definition) is 2. The Bertz CT molecular complexity index is 3250. The van der Waals surface area contributed by atoms with E-state index in [1.165, 1.54) is 44.2 Å². The number of furan rings is 1. The zero-order valence-corrected chi connectivity index (χ0v) is 31.7. The minimum atomic E-state index is 0.878. The lowest BCUT2D eigenvalue weighted by Gasteiger charge is -2.28. The van der Waals surface area contributed by atoms with Gasteiger partial charge in [0, 0.05) is 32.9 Å². The molecule has 1 aromatic heterocycles. The van der Waals surface area contributed by atoms with E-state index in [1.54, 1.807) is 0 Å². The normalized spacial score (nSPS) is 11.4. The smallest absolute Gasteiger partial charge is 0.143 e. The van der Waals surface area contributed by atoms with Crippen LogP contribution in [0.25, 0.3) is 88.0 Å². The Kier molecular flexibility index (Phi) is 8.19. The van der Waals surface area contributed by atoms with Gasteiger partial charge in [-0.1, -0.05) is 182 Å². The molecule has 0 radical (unpaired) electrons. The average molecular weight is 740 g/mol. The van der Waals surface area contributed by atoms with E-state index in [4.69, 9.17) is 4.42 Å². The molecule has 0 fully saturated rings. The predicted molar refractivity (Wildman–Crippen MR) is 245 cm³/mol. The lowest BCUT2D eigenvalue weighted by atomic mass is 9.95. The van der Waals surface area contributed by atoms with E-state index in [1.807, 2.05) is 0 Å². The molecule has 0 unspecified atom stereocenters. The first-order chi connectivity index (χ1) is 28.7. The third kappa shape index (κ3) is 5.91. The van der Waals surface area contributed by atoms with E-state index in [0.29, 0.717) is 0 Å². The summed E-state index contributed by atoms with van der Waals surface area (Å²) in [5.41, 5.74) is 14.5. The first-order valence-electron chi connectivity index (χ1n) is 19.8. The van der Waals surface area contributed by atoms with Gasteiger partial charge in [0.05, 0.1) is 5.69 Å². The molecule has 10 aromatic carbocycles. The summed E-state index contributed by atoms with van der Waals surface area (Å²) in [4.78, 5) is 2.41. The Hall–Kier alpha value is -7.68. The Morgan fingerprint density at radius 3 is 1.59 bits per heavy atom. The fourth-order valence-corrected chi connectivity index (χ4v) is 8.58. The maximum atomic E-state index is 6.82. The van der Waals surface area contributed by atoms with Crippen molar-refractivity contribution < 1.29 is 4.42 Å². The first kappa shape index (κ1) is 33.6. The van der Waals surface area contributed by atoms with E-state index in [9.17, 15) is 0 Å². The Balaban J connectivity index is 1.11. The van der Waals surface area contributed by atoms with E-state index in [0.717, 1.165) is 60.9 Å². The van der Waals surface area contributed by atoms with Gasteiger partial charge in [-0.2, -0.15) is 0 Å². The SMILES string of the molecule is c1ccc(-c2ccc(-c3ccc(N(c4cccc(-c5ccccc5)c4)c4cc5c(oc6cccc(-c7ccc8ccccc8c7)c65)c5ccccc45)cc3)cc2)cc1. The highest BCUT2D eigenvalue weighted by molar-refractivity contribution is 6.22. The summed E-state index contributed by atoms with van der Waals surface area (Å²) in [5.74, 6) is 0. The van der Waals surface area contributed by atoms with Crippen molar-refractivity contribution >= 4 is 60.5 Å². The van der Waals surface area contributed by atoms with Crippen LogP contribution in [0.1, 0.15) is 0 Å². The van der Waals surface area contributed by atoms with E-state index in [2.05, 4.69) is 229 Å². The molecule has 0 aliphatic rings. The molecule has 11 aromatic rings. The van der Waals surface area contributed by atoms with Gasteiger partial charge >= 0.3 is 0 Å². The predicted octanol–water partition coefficient (Wildman–Crippen LogP) is 16.0. The Labute approximate surface area is 337 Å². The second-order valence-electron chi connectivity index (χ2n) is 14.9. The molecule has 0 saturated carbocycles. The van der Waals surface area contributed by atoms with Crippen molar-refractivity contribution in [2.45, 2.75) is 0 Å². The van der Waals surface area contributed by atoms with Crippen LogP contribution < -0.4 is 4.90 Å². The van der Waals surface area contributed by atoms with Crippen molar-refractivity contribution in [2.75, 3.05) is 4.90 Å². The van der Waals surface area contributed by atoms with Crippen LogP contribution in [0.5, 0.6) is 0 Å². The number of benzene rings is 10. The summed E-state index contributed by atoms with van der Waals surface area (Å²) < 4.78 is 6.82. The summed E-state index contributed by atoms with van der Waals surface area (Å²) in [7, 11) is 0. The molecule has 0 N–H and O–H groups in total. The van der Waals surface area contributed by atoms with Crippen LogP contribution in [0.3, 0.4) is 0 Å². The number of nitrogens with zero attached hydrogens (tertiary/aromatic N) is 1. The minimum absolute atomic E-state index is 0.878. The van der Waals surface area contributed by atoms with Gasteiger partial charge < -0.3 is 9.32 Å². The summed E-state index contributed by atoms with van der Waals surface area (Å²) >= 11 is 0. The van der Waals surface area contributed by atoms with Crippen LogP contribution in [-0.4, -0.2) is 0 Å². The van der Waals surface area contributed by atoms with Gasteiger partial charge in [0.2, 0.25) is 0 Å². The third-order valence-electron chi connectivity index (χ3n) is 11.4. The van der Waals surface area contributed by atoms with E-state index >= 15 is 0 Å². The summed E-state index contributed by atoms with van der Waals surface area (Å²) in [6, 6.07) is 80.6. The zero-order valence-electron chi connectivity index (χ0n) is 31.7. The quantitative estimate of drug-likeness (QED) is 0.162. The molecule has 0 saturated heterocycles. The van der Waals surface area contributed by atoms with Gasteiger partial charge in [-0.15, -0.1) is 0 Å². The minimum Gasteiger partial charge on any atom is -0.455 e. The van der Waals surface area contributed by atoms with Gasteiger partial charge in [0.25, 0.3) is 0 Å². The maximum Gasteiger partial charge on any atom is 0.143 e. The van der Waals surface area contributed by atoms with Crippen molar-refractivity contribution in [1.82, 2.24) is 0 Å². The molecule has 0 aliphatic heterocycles. The Morgan fingerprint density at radius 1 is 0.310 bits per heavy atom. The van der Waals surface area contributed by atoms with Crippen molar-refractivity contribution in [1.29, 1.82) is 0 Å². The molecule has 58 heavy (non-hydrogen) atoms. The first-order valence-corrected chi connectivity index (χ1v) is 19.8. The van der Waals surface area contributed by atoms with Gasteiger partial charge in [0.1, 0.15) is 11.2 Å². The van der Waals surface area contributed by atoms with Crippen LogP contribution >= 0.6 is 0 Å². The summed E-state index contributed by atoms with van der Waals surface area (Å²) in [6.07, 6.45) is 0. The van der Waals surface area contributed by atoms with Crippen molar-refractivity contribution in [3.8, 4) is 44.5 Å². The number of rotatable bonds is 7. The van der Waals surface area contributed by atoms with Crippen molar-refractivity contribution in [2.24, 2.45) is 0 Å². The zero-order chi connectivity index (χ0) is 38.4. The van der Waals surface area contributed by atoms with E-state index in [-0.39, 0.29) is 0 Å². The van der Waals surface area contributed by atoms with Gasteiger partial charge in [0.15, 0.2) is 0 Å². The molecular weight excluding hydrogens is 703 g/mol. The molecule has 0 aliphatic carbocycles. The third-order valence-corrected chi connectivity index (χ3v) is 11.4. The highest BCUT2D eigenvalue weighted by Crippen LogP contribution is 2.47. The molecule has 2 nitrogen and oxygen atoms in total. The number of anilines is 3. The van der Waals surface area contributed by atoms with Crippen LogP contribution in [0.2, 0.25) is 0 Å². The summed E-state index contributed by atoms with van der Waals surface area (Å²) in [6.45, 7) is 0. The van der Waals surface area contributed by atoms with E-state index < -0.39 is 0 Å². The summed E-state index contributed by atoms with van der Waals surface area (Å²) in [5, 5.41) is 6.85.